The molecule has 194 valence electrons. The molecule has 0 bridgehead atoms. The third kappa shape index (κ3) is 4.90. The Bertz CT molecular complexity index is 1480. The van der Waals surface area contributed by atoms with Crippen molar-refractivity contribution in [3.05, 3.63) is 48.3 Å². The lowest BCUT2D eigenvalue weighted by atomic mass is 10.0. The lowest BCUT2D eigenvalue weighted by molar-refractivity contribution is 0.0452. The van der Waals surface area contributed by atoms with Gasteiger partial charge in [-0.2, -0.15) is 0 Å². The number of aromatic nitrogens is 4. The number of hydrogen-bond donors (Lipinski definition) is 1. The highest BCUT2D eigenvalue weighted by Crippen LogP contribution is 2.30. The summed E-state index contributed by atoms with van der Waals surface area (Å²) in [4.78, 5) is 36.7. The van der Waals surface area contributed by atoms with E-state index in [0.717, 1.165) is 52.8 Å². The zero-order valence-corrected chi connectivity index (χ0v) is 22.1. The van der Waals surface area contributed by atoms with Crippen molar-refractivity contribution in [2.24, 2.45) is 7.05 Å². The molecule has 2 amide bonds. The highest BCUT2D eigenvalue weighted by Gasteiger charge is 2.28. The Labute approximate surface area is 216 Å². The number of nitrogens with zero attached hydrogens (tertiary/aromatic N) is 5. The molecule has 9 nitrogen and oxygen atoms in total. The molecule has 5 rings (SSSR count). The highest BCUT2D eigenvalue weighted by molar-refractivity contribution is 5.98. The van der Waals surface area contributed by atoms with Crippen molar-refractivity contribution >= 4 is 33.9 Å². The smallest absolute Gasteiger partial charge is 0.407 e. The van der Waals surface area contributed by atoms with Crippen LogP contribution in [0.1, 0.15) is 50.9 Å². The summed E-state index contributed by atoms with van der Waals surface area (Å²) in [5.74, 6) is 0.788. The molecule has 1 N–H and O–H groups in total. The van der Waals surface area contributed by atoms with Crippen molar-refractivity contribution in [2.75, 3.05) is 13.1 Å². The maximum atomic E-state index is 13.4. The van der Waals surface area contributed by atoms with Crippen LogP contribution in [0.2, 0.25) is 0 Å². The second-order valence-electron chi connectivity index (χ2n) is 10.6. The number of pyridine rings is 1. The number of carbonyl (C=O) groups is 2. The molecule has 0 unspecified atom stereocenters. The number of aryl methyl sites for hydroxylation is 2. The molecule has 3 aromatic heterocycles. The van der Waals surface area contributed by atoms with Crippen LogP contribution in [-0.2, 0) is 18.3 Å². The molecule has 0 saturated carbocycles. The van der Waals surface area contributed by atoms with Gasteiger partial charge in [0, 0.05) is 49.9 Å². The fourth-order valence-corrected chi connectivity index (χ4v) is 5.12. The summed E-state index contributed by atoms with van der Waals surface area (Å²) in [7, 11) is 2.00. The van der Waals surface area contributed by atoms with Crippen molar-refractivity contribution in [2.45, 2.75) is 58.7 Å². The zero-order chi connectivity index (χ0) is 26.3. The molecule has 1 aliphatic rings. The Kier molecular flexibility index (Phi) is 6.39. The quantitative estimate of drug-likeness (QED) is 0.435. The Hall–Kier alpha value is -3.88. The maximum absolute atomic E-state index is 13.4. The predicted octanol–water partition coefficient (Wildman–Crippen LogP) is 4.74. The van der Waals surface area contributed by atoms with E-state index in [2.05, 4.69) is 32.4 Å². The van der Waals surface area contributed by atoms with Crippen LogP contribution < -0.4 is 5.32 Å². The van der Waals surface area contributed by atoms with Crippen LogP contribution in [0.25, 0.3) is 33.5 Å². The van der Waals surface area contributed by atoms with E-state index >= 15 is 0 Å². The fourth-order valence-electron chi connectivity index (χ4n) is 5.12. The van der Waals surface area contributed by atoms with Gasteiger partial charge in [-0.05, 0) is 70.9 Å². The summed E-state index contributed by atoms with van der Waals surface area (Å²) in [6.45, 7) is 9.52. The van der Waals surface area contributed by atoms with Gasteiger partial charge in [0.1, 0.15) is 5.60 Å². The largest absolute Gasteiger partial charge is 0.444 e. The van der Waals surface area contributed by atoms with Gasteiger partial charge in [0.15, 0.2) is 5.82 Å². The van der Waals surface area contributed by atoms with Crippen LogP contribution in [0.15, 0.2) is 42.7 Å². The van der Waals surface area contributed by atoms with Crippen LogP contribution in [0, 0.1) is 0 Å². The first-order valence-corrected chi connectivity index (χ1v) is 12.8. The van der Waals surface area contributed by atoms with Gasteiger partial charge in [-0.15, -0.1) is 0 Å². The average molecular weight is 503 g/mol. The van der Waals surface area contributed by atoms with E-state index in [-0.39, 0.29) is 11.9 Å². The van der Waals surface area contributed by atoms with Gasteiger partial charge in [0.2, 0.25) is 0 Å². The number of piperidine rings is 1. The van der Waals surface area contributed by atoms with E-state index in [1.54, 1.807) is 11.1 Å². The lowest BCUT2D eigenvalue weighted by Gasteiger charge is -2.33. The molecule has 4 heterocycles. The summed E-state index contributed by atoms with van der Waals surface area (Å²) in [5, 5.41) is 4.03. The molecule has 0 aliphatic carbocycles. The molecule has 1 saturated heterocycles. The topological polar surface area (TPSA) is 94.3 Å². The molecule has 37 heavy (non-hydrogen) atoms. The number of ether oxygens (including phenoxy) is 1. The number of alkyl carbamates (subject to hydrolysis) is 1. The number of imidazole rings is 1. The molecule has 1 atom stereocenters. The van der Waals surface area contributed by atoms with E-state index in [4.69, 9.17) is 9.72 Å². The number of nitrogens with one attached hydrogen (secondary N) is 1. The Morgan fingerprint density at radius 3 is 2.73 bits per heavy atom. The number of rotatable bonds is 4. The third-order valence-corrected chi connectivity index (χ3v) is 6.81. The van der Waals surface area contributed by atoms with E-state index in [0.29, 0.717) is 18.7 Å². The Morgan fingerprint density at radius 2 is 1.97 bits per heavy atom. The van der Waals surface area contributed by atoms with E-state index in [9.17, 15) is 9.59 Å². The fraction of sp³-hybridized carbons (Fsp3) is 0.429. The van der Waals surface area contributed by atoms with Crippen molar-refractivity contribution in [1.82, 2.24) is 29.3 Å². The normalized spacial score (nSPS) is 16.4. The minimum absolute atomic E-state index is 0.0569. The summed E-state index contributed by atoms with van der Waals surface area (Å²) in [6, 6.07) is 9.70. The zero-order valence-electron chi connectivity index (χ0n) is 22.1. The van der Waals surface area contributed by atoms with Gasteiger partial charge in [-0.1, -0.05) is 0 Å². The number of hydrogen-bond acceptors (Lipinski definition) is 5. The average Bonchev–Trinajstić information content (AvgIpc) is 3.39. The minimum atomic E-state index is -0.562. The SMILES string of the molecule is CCn1c(-c2nc3cc(C(=O)N4CCC[C@@H](NC(=O)OC(C)(C)C)C4)ccc3n2C)cc2ccncc21. The molecular weight excluding hydrogens is 468 g/mol. The van der Waals surface area contributed by atoms with Gasteiger partial charge in [0.05, 0.1) is 28.4 Å². The summed E-state index contributed by atoms with van der Waals surface area (Å²) < 4.78 is 9.66. The van der Waals surface area contributed by atoms with E-state index < -0.39 is 11.7 Å². The summed E-state index contributed by atoms with van der Waals surface area (Å²) in [5.41, 5.74) is 3.85. The van der Waals surface area contributed by atoms with Gasteiger partial charge >= 0.3 is 6.09 Å². The number of benzene rings is 1. The minimum Gasteiger partial charge on any atom is -0.444 e. The second-order valence-corrected chi connectivity index (χ2v) is 10.6. The Morgan fingerprint density at radius 1 is 1.16 bits per heavy atom. The predicted molar refractivity (Wildman–Crippen MR) is 143 cm³/mol. The van der Waals surface area contributed by atoms with Crippen LogP contribution in [0.4, 0.5) is 4.79 Å². The van der Waals surface area contributed by atoms with Crippen LogP contribution in [-0.4, -0.2) is 60.7 Å². The van der Waals surface area contributed by atoms with Gasteiger partial charge in [-0.25, -0.2) is 9.78 Å². The maximum Gasteiger partial charge on any atom is 0.407 e. The van der Waals surface area contributed by atoms with Gasteiger partial charge in [-0.3, -0.25) is 9.78 Å². The summed E-state index contributed by atoms with van der Waals surface area (Å²) >= 11 is 0. The monoisotopic (exact) mass is 502 g/mol. The van der Waals surface area contributed by atoms with Crippen LogP contribution >= 0.6 is 0 Å². The highest BCUT2D eigenvalue weighted by atomic mass is 16.6. The summed E-state index contributed by atoms with van der Waals surface area (Å²) in [6.07, 6.45) is 4.86. The first-order valence-electron chi connectivity index (χ1n) is 12.8. The first-order chi connectivity index (χ1) is 17.6. The second kappa shape index (κ2) is 9.53. The lowest BCUT2D eigenvalue weighted by Crippen LogP contribution is -2.50. The van der Waals surface area contributed by atoms with Gasteiger partial charge in [0.25, 0.3) is 5.91 Å². The number of amides is 2. The molecule has 9 heteroatoms. The van der Waals surface area contributed by atoms with Crippen molar-refractivity contribution < 1.29 is 14.3 Å². The molecule has 0 spiro atoms. The van der Waals surface area contributed by atoms with Crippen molar-refractivity contribution in [3.63, 3.8) is 0 Å². The van der Waals surface area contributed by atoms with E-state index in [1.165, 1.54) is 0 Å². The standard InChI is InChI=1S/C28H34N6O3/c1-6-34-23(15-18-11-12-29-16-24(18)34)25-31-21-14-19(9-10-22(21)32(25)5)26(35)33-13-7-8-20(17-33)30-27(36)37-28(2,3)4/h9-12,14-16,20H,6-8,13,17H2,1-5H3,(H,30,36)/t20-/m1/s1. The molecule has 0 radical (unpaired) electrons. The van der Waals surface area contributed by atoms with Crippen LogP contribution in [0.5, 0.6) is 0 Å². The van der Waals surface area contributed by atoms with Crippen molar-refractivity contribution in [1.29, 1.82) is 0 Å². The molecular formula is C28H34N6O3. The molecule has 1 fully saturated rings. The number of fused-ring (bicyclic) bond motifs is 2. The van der Waals surface area contributed by atoms with Crippen molar-refractivity contribution in [3.8, 4) is 11.5 Å². The number of carbonyl (C=O) groups excluding carboxylic acids is 2. The molecule has 4 aromatic rings. The van der Waals surface area contributed by atoms with Gasteiger partial charge < -0.3 is 24.1 Å². The number of likely N-dealkylation sites (tertiary alicyclic amines) is 1. The van der Waals surface area contributed by atoms with Crippen LogP contribution in [0.3, 0.4) is 0 Å². The molecule has 1 aliphatic heterocycles. The van der Waals surface area contributed by atoms with E-state index in [1.807, 2.05) is 58.3 Å². The Balaban J connectivity index is 1.39. The third-order valence-electron chi connectivity index (χ3n) is 6.81. The first kappa shape index (κ1) is 24.8. The molecule has 1 aromatic carbocycles.